The third kappa shape index (κ3) is 3.60. The van der Waals surface area contributed by atoms with Crippen LogP contribution in [-0.2, 0) is 22.6 Å². The van der Waals surface area contributed by atoms with E-state index in [2.05, 4.69) is 12.2 Å². The lowest BCUT2D eigenvalue weighted by Crippen LogP contribution is -2.34. The molecule has 1 aliphatic rings. The van der Waals surface area contributed by atoms with Crippen LogP contribution in [0.25, 0.3) is 0 Å². The van der Waals surface area contributed by atoms with Crippen LogP contribution in [0.4, 0.5) is 5.69 Å². The first-order valence-corrected chi connectivity index (χ1v) is 8.38. The van der Waals surface area contributed by atoms with Gasteiger partial charge in [-0.2, -0.15) is 0 Å². The molecule has 1 aliphatic heterocycles. The first-order chi connectivity index (χ1) is 11.6. The molecule has 0 aromatic heterocycles. The van der Waals surface area contributed by atoms with Crippen LogP contribution in [0, 0.1) is 0 Å². The number of amides is 2. The fraction of sp³-hybridized carbons (Fsp3) is 0.263. The highest BCUT2D eigenvalue weighted by molar-refractivity contribution is 6.30. The number of rotatable bonds is 5. The van der Waals surface area contributed by atoms with Gasteiger partial charge in [-0.25, -0.2) is 0 Å². The van der Waals surface area contributed by atoms with Crippen LogP contribution in [-0.4, -0.2) is 22.8 Å². The molecular weight excluding hydrogens is 324 g/mol. The molecule has 1 heterocycles. The second kappa shape index (κ2) is 7.05. The third-order valence-electron chi connectivity index (χ3n) is 4.20. The third-order valence-corrected chi connectivity index (χ3v) is 4.45. The number of aryl methyl sites for hydroxylation is 1. The number of carbonyl (C=O) groups excluding carboxylic acids is 2. The van der Waals surface area contributed by atoms with E-state index in [0.717, 1.165) is 17.7 Å². The minimum Gasteiger partial charge on any atom is -0.373 e. The van der Waals surface area contributed by atoms with Crippen molar-refractivity contribution in [1.82, 2.24) is 4.90 Å². The van der Waals surface area contributed by atoms with Crippen molar-refractivity contribution in [1.29, 1.82) is 0 Å². The van der Waals surface area contributed by atoms with E-state index in [4.69, 9.17) is 11.6 Å². The first-order valence-electron chi connectivity index (χ1n) is 8.01. The highest BCUT2D eigenvalue weighted by Gasteiger charge is 2.38. The predicted molar refractivity (Wildman–Crippen MR) is 94.9 cm³/mol. The van der Waals surface area contributed by atoms with Crippen molar-refractivity contribution in [2.45, 2.75) is 32.4 Å². The zero-order chi connectivity index (χ0) is 17.1. The van der Waals surface area contributed by atoms with E-state index in [1.807, 2.05) is 36.4 Å². The number of hydrogen-bond acceptors (Lipinski definition) is 3. The van der Waals surface area contributed by atoms with E-state index < -0.39 is 6.04 Å². The Morgan fingerprint density at radius 2 is 1.67 bits per heavy atom. The molecule has 5 heteroatoms. The summed E-state index contributed by atoms with van der Waals surface area (Å²) >= 11 is 5.86. The average Bonchev–Trinajstić information content (AvgIpc) is 2.85. The summed E-state index contributed by atoms with van der Waals surface area (Å²) in [5, 5.41) is 3.80. The Hall–Kier alpha value is -2.33. The van der Waals surface area contributed by atoms with Gasteiger partial charge >= 0.3 is 0 Å². The van der Waals surface area contributed by atoms with Crippen molar-refractivity contribution in [2.24, 2.45) is 0 Å². The van der Waals surface area contributed by atoms with Gasteiger partial charge in [0, 0.05) is 10.7 Å². The summed E-state index contributed by atoms with van der Waals surface area (Å²) in [7, 11) is 0. The molecule has 1 atom stereocenters. The van der Waals surface area contributed by atoms with Crippen molar-refractivity contribution in [3.05, 3.63) is 64.7 Å². The summed E-state index contributed by atoms with van der Waals surface area (Å²) in [5.41, 5.74) is 2.97. The molecule has 0 aliphatic carbocycles. The molecule has 3 rings (SSSR count). The van der Waals surface area contributed by atoms with Crippen LogP contribution in [0.2, 0.25) is 5.02 Å². The van der Waals surface area contributed by atoms with Crippen LogP contribution in [0.1, 0.15) is 24.5 Å². The molecule has 0 saturated carbocycles. The van der Waals surface area contributed by atoms with Gasteiger partial charge in [-0.1, -0.05) is 42.8 Å². The van der Waals surface area contributed by atoms with Gasteiger partial charge in [-0.05, 0) is 41.8 Å². The molecule has 0 radical (unpaired) electrons. The maximum absolute atomic E-state index is 12.5. The number of imide groups is 1. The molecule has 124 valence electrons. The standard InChI is InChI=1S/C19H19ClN2O2/c1-2-13-5-9-16(10-6-13)21-17-11-18(23)22(19(17)24)12-14-3-7-15(20)8-4-14/h3-10,17,21H,2,11-12H2,1H3/t17-/m1/s1. The Bertz CT molecular complexity index is 741. The number of nitrogens with one attached hydrogen (secondary N) is 1. The second-order valence-corrected chi connectivity index (χ2v) is 6.33. The Kier molecular flexibility index (Phi) is 4.86. The summed E-state index contributed by atoms with van der Waals surface area (Å²) in [5.74, 6) is -0.341. The molecule has 1 fully saturated rings. The predicted octanol–water partition coefficient (Wildman–Crippen LogP) is 3.64. The smallest absolute Gasteiger partial charge is 0.252 e. The van der Waals surface area contributed by atoms with Gasteiger partial charge in [-0.3, -0.25) is 14.5 Å². The quantitative estimate of drug-likeness (QED) is 0.844. The molecule has 1 N–H and O–H groups in total. The van der Waals surface area contributed by atoms with Crippen molar-refractivity contribution >= 4 is 29.1 Å². The normalized spacial score (nSPS) is 17.4. The highest BCUT2D eigenvalue weighted by atomic mass is 35.5. The Balaban J connectivity index is 1.67. The van der Waals surface area contributed by atoms with E-state index in [0.29, 0.717) is 5.02 Å². The highest BCUT2D eigenvalue weighted by Crippen LogP contribution is 2.21. The molecule has 24 heavy (non-hydrogen) atoms. The lowest BCUT2D eigenvalue weighted by atomic mass is 10.1. The summed E-state index contributed by atoms with van der Waals surface area (Å²) in [6.07, 6.45) is 1.15. The minimum atomic E-state index is -0.503. The van der Waals surface area contributed by atoms with E-state index in [1.165, 1.54) is 10.5 Å². The Labute approximate surface area is 146 Å². The van der Waals surface area contributed by atoms with Gasteiger partial charge in [0.25, 0.3) is 5.91 Å². The fourth-order valence-electron chi connectivity index (χ4n) is 2.77. The topological polar surface area (TPSA) is 49.4 Å². The fourth-order valence-corrected chi connectivity index (χ4v) is 2.90. The monoisotopic (exact) mass is 342 g/mol. The molecule has 1 saturated heterocycles. The second-order valence-electron chi connectivity index (χ2n) is 5.90. The molecule has 2 aromatic carbocycles. The first kappa shape index (κ1) is 16.5. The number of likely N-dealkylation sites (tertiary alicyclic amines) is 1. The van der Waals surface area contributed by atoms with E-state index in [-0.39, 0.29) is 24.8 Å². The van der Waals surface area contributed by atoms with Crippen LogP contribution in [0.5, 0.6) is 0 Å². The number of anilines is 1. The van der Waals surface area contributed by atoms with Crippen molar-refractivity contribution in [2.75, 3.05) is 5.32 Å². The number of halogens is 1. The zero-order valence-electron chi connectivity index (χ0n) is 13.5. The molecule has 2 amide bonds. The SMILES string of the molecule is CCc1ccc(N[C@@H]2CC(=O)N(Cc3ccc(Cl)cc3)C2=O)cc1. The van der Waals surface area contributed by atoms with E-state index in [1.54, 1.807) is 12.1 Å². The van der Waals surface area contributed by atoms with Gasteiger partial charge in [0.05, 0.1) is 13.0 Å². The number of carbonyl (C=O) groups is 2. The zero-order valence-corrected chi connectivity index (χ0v) is 14.2. The molecule has 0 unspecified atom stereocenters. The van der Waals surface area contributed by atoms with Crippen LogP contribution in [0.15, 0.2) is 48.5 Å². The largest absolute Gasteiger partial charge is 0.373 e. The van der Waals surface area contributed by atoms with Crippen LogP contribution < -0.4 is 5.32 Å². The van der Waals surface area contributed by atoms with Gasteiger partial charge < -0.3 is 5.32 Å². The lowest BCUT2D eigenvalue weighted by Gasteiger charge is -2.16. The summed E-state index contributed by atoms with van der Waals surface area (Å²) in [6, 6.07) is 14.6. The van der Waals surface area contributed by atoms with Gasteiger partial charge in [0.2, 0.25) is 5.91 Å². The van der Waals surface area contributed by atoms with Gasteiger partial charge in [-0.15, -0.1) is 0 Å². The minimum absolute atomic E-state index is 0.155. The van der Waals surface area contributed by atoms with E-state index in [9.17, 15) is 9.59 Å². The maximum Gasteiger partial charge on any atom is 0.252 e. The Morgan fingerprint density at radius 3 is 2.29 bits per heavy atom. The Morgan fingerprint density at radius 1 is 1.04 bits per heavy atom. The molecule has 0 bridgehead atoms. The number of benzene rings is 2. The van der Waals surface area contributed by atoms with Crippen molar-refractivity contribution in [3.63, 3.8) is 0 Å². The average molecular weight is 343 g/mol. The van der Waals surface area contributed by atoms with Crippen LogP contribution >= 0.6 is 11.6 Å². The maximum atomic E-state index is 12.5. The molecule has 2 aromatic rings. The lowest BCUT2D eigenvalue weighted by molar-refractivity contribution is -0.139. The van der Waals surface area contributed by atoms with E-state index >= 15 is 0 Å². The van der Waals surface area contributed by atoms with Crippen molar-refractivity contribution in [3.8, 4) is 0 Å². The number of hydrogen-bond donors (Lipinski definition) is 1. The summed E-state index contributed by atoms with van der Waals surface area (Å²) in [6.45, 7) is 2.37. The summed E-state index contributed by atoms with van der Waals surface area (Å²) < 4.78 is 0. The number of nitrogens with zero attached hydrogens (tertiary/aromatic N) is 1. The molecular formula is C19H19ClN2O2. The molecule has 0 spiro atoms. The van der Waals surface area contributed by atoms with Crippen molar-refractivity contribution < 1.29 is 9.59 Å². The summed E-state index contributed by atoms with van der Waals surface area (Å²) in [4.78, 5) is 26.0. The molecule has 4 nitrogen and oxygen atoms in total. The van der Waals surface area contributed by atoms with Gasteiger partial charge in [0.1, 0.15) is 6.04 Å². The van der Waals surface area contributed by atoms with Gasteiger partial charge in [0.15, 0.2) is 0 Å². The van der Waals surface area contributed by atoms with Crippen LogP contribution in [0.3, 0.4) is 0 Å².